The number of likely N-dealkylation sites (tertiary alicyclic amines) is 1. The van der Waals surface area contributed by atoms with Gasteiger partial charge >= 0.3 is 5.97 Å². The van der Waals surface area contributed by atoms with Crippen LogP contribution in [-0.4, -0.2) is 34.5 Å². The maximum absolute atomic E-state index is 13.0. The van der Waals surface area contributed by atoms with Crippen LogP contribution in [0.15, 0.2) is 47.3 Å². The first-order valence-electron chi connectivity index (χ1n) is 8.31. The van der Waals surface area contributed by atoms with E-state index in [4.69, 9.17) is 4.42 Å². The summed E-state index contributed by atoms with van der Waals surface area (Å²) in [5.41, 5.74) is 2.32. The molecular formula is C19H19NO4. The van der Waals surface area contributed by atoms with Crippen LogP contribution >= 0.6 is 0 Å². The third-order valence-electron chi connectivity index (χ3n) is 5.37. The number of benzene rings is 1. The first-order chi connectivity index (χ1) is 11.6. The van der Waals surface area contributed by atoms with Crippen molar-refractivity contribution in [1.82, 2.24) is 4.90 Å². The van der Waals surface area contributed by atoms with Crippen LogP contribution in [0.4, 0.5) is 0 Å². The standard InChI is InChI=1S/C19H19NO4/c21-18(13-4-1-3-12(9-13)15-7-8-24-11-15)20-10-14-5-2-6-16(14)17(20)19(22)23/h1,3-4,7-9,11,14,16-17H,2,5-6,10H2,(H,22,23)/t14-,16+,17+/m1/s1. The molecule has 0 spiro atoms. The molecular weight excluding hydrogens is 306 g/mol. The molecule has 1 N–H and O–H groups in total. The maximum Gasteiger partial charge on any atom is 0.326 e. The number of carbonyl (C=O) groups is 2. The molecule has 5 heteroatoms. The van der Waals surface area contributed by atoms with Gasteiger partial charge in [-0.05, 0) is 48.4 Å². The number of rotatable bonds is 3. The van der Waals surface area contributed by atoms with E-state index in [9.17, 15) is 14.7 Å². The van der Waals surface area contributed by atoms with Crippen molar-refractivity contribution >= 4 is 11.9 Å². The molecule has 1 saturated carbocycles. The summed E-state index contributed by atoms with van der Waals surface area (Å²) >= 11 is 0. The van der Waals surface area contributed by atoms with Crippen molar-refractivity contribution in [3.63, 3.8) is 0 Å². The Bertz CT molecular complexity index is 767. The number of furan rings is 1. The molecule has 0 unspecified atom stereocenters. The molecule has 0 bridgehead atoms. The van der Waals surface area contributed by atoms with Crippen LogP contribution in [0.5, 0.6) is 0 Å². The van der Waals surface area contributed by atoms with E-state index < -0.39 is 12.0 Å². The van der Waals surface area contributed by atoms with Gasteiger partial charge in [-0.15, -0.1) is 0 Å². The number of nitrogens with zero attached hydrogens (tertiary/aromatic N) is 1. The molecule has 1 amide bonds. The van der Waals surface area contributed by atoms with Gasteiger partial charge in [0.1, 0.15) is 6.04 Å². The summed E-state index contributed by atoms with van der Waals surface area (Å²) in [5, 5.41) is 9.63. The predicted molar refractivity (Wildman–Crippen MR) is 87.4 cm³/mol. The molecule has 2 fully saturated rings. The average Bonchev–Trinajstić information content (AvgIpc) is 3.30. The van der Waals surface area contributed by atoms with Gasteiger partial charge in [-0.3, -0.25) is 4.79 Å². The van der Waals surface area contributed by atoms with Crippen molar-refractivity contribution in [2.45, 2.75) is 25.3 Å². The fourth-order valence-corrected chi connectivity index (χ4v) is 4.26. The summed E-state index contributed by atoms with van der Waals surface area (Å²) in [7, 11) is 0. The SMILES string of the molecule is O=C(O)[C@@H]1[C@H]2CCC[C@@H]2CN1C(=O)c1cccc(-c2ccoc2)c1. The molecule has 2 aliphatic rings. The third kappa shape index (κ3) is 2.40. The Balaban J connectivity index is 1.64. The summed E-state index contributed by atoms with van der Waals surface area (Å²) in [6.45, 7) is 0.552. The molecule has 5 nitrogen and oxygen atoms in total. The summed E-state index contributed by atoms with van der Waals surface area (Å²) in [6.07, 6.45) is 6.21. The zero-order valence-corrected chi connectivity index (χ0v) is 13.2. The first kappa shape index (κ1) is 15.0. The fourth-order valence-electron chi connectivity index (χ4n) is 4.26. The van der Waals surface area contributed by atoms with E-state index >= 15 is 0 Å². The van der Waals surface area contributed by atoms with E-state index in [0.717, 1.165) is 30.4 Å². The largest absolute Gasteiger partial charge is 0.480 e. The van der Waals surface area contributed by atoms with E-state index in [-0.39, 0.29) is 11.8 Å². The number of hydrogen-bond acceptors (Lipinski definition) is 3. The molecule has 0 radical (unpaired) electrons. The van der Waals surface area contributed by atoms with E-state index in [1.165, 1.54) is 0 Å². The topological polar surface area (TPSA) is 70.8 Å². The highest BCUT2D eigenvalue weighted by molar-refractivity contribution is 5.98. The smallest absolute Gasteiger partial charge is 0.326 e. The van der Waals surface area contributed by atoms with Gasteiger partial charge in [-0.1, -0.05) is 18.6 Å². The quantitative estimate of drug-likeness (QED) is 0.940. The summed E-state index contributed by atoms with van der Waals surface area (Å²) in [5.74, 6) is -0.651. The summed E-state index contributed by atoms with van der Waals surface area (Å²) < 4.78 is 5.09. The molecule has 1 aliphatic carbocycles. The van der Waals surface area contributed by atoms with Crippen LogP contribution in [0.1, 0.15) is 29.6 Å². The predicted octanol–water partition coefficient (Wildman–Crippen LogP) is 3.27. The van der Waals surface area contributed by atoms with Crippen molar-refractivity contribution in [2.75, 3.05) is 6.54 Å². The van der Waals surface area contributed by atoms with Crippen LogP contribution in [0.2, 0.25) is 0 Å². The highest BCUT2D eigenvalue weighted by atomic mass is 16.4. The number of hydrogen-bond donors (Lipinski definition) is 1. The van der Waals surface area contributed by atoms with Gasteiger partial charge in [0.15, 0.2) is 0 Å². The number of carbonyl (C=O) groups excluding carboxylic acids is 1. The summed E-state index contributed by atoms with van der Waals surface area (Å²) in [6, 6.07) is 8.43. The minimum Gasteiger partial charge on any atom is -0.480 e. The van der Waals surface area contributed by atoms with Gasteiger partial charge in [0, 0.05) is 17.7 Å². The van der Waals surface area contributed by atoms with Crippen molar-refractivity contribution in [2.24, 2.45) is 11.8 Å². The van der Waals surface area contributed by atoms with E-state index in [1.807, 2.05) is 18.2 Å². The Morgan fingerprint density at radius 3 is 2.79 bits per heavy atom. The van der Waals surface area contributed by atoms with Gasteiger partial charge in [-0.25, -0.2) is 4.79 Å². The van der Waals surface area contributed by atoms with Gasteiger partial charge in [0.25, 0.3) is 5.91 Å². The van der Waals surface area contributed by atoms with Gasteiger partial charge < -0.3 is 14.4 Å². The van der Waals surface area contributed by atoms with Crippen LogP contribution in [0.25, 0.3) is 11.1 Å². The summed E-state index contributed by atoms with van der Waals surface area (Å²) in [4.78, 5) is 26.3. The van der Waals surface area contributed by atoms with Crippen LogP contribution in [-0.2, 0) is 4.79 Å². The Labute approximate surface area is 139 Å². The third-order valence-corrected chi connectivity index (χ3v) is 5.37. The lowest BCUT2D eigenvalue weighted by Gasteiger charge is -2.24. The Hall–Kier alpha value is -2.56. The lowest BCUT2D eigenvalue weighted by Crippen LogP contribution is -2.43. The van der Waals surface area contributed by atoms with Crippen LogP contribution in [0.3, 0.4) is 0 Å². The number of carboxylic acid groups (broad SMARTS) is 1. The number of carboxylic acids is 1. The highest BCUT2D eigenvalue weighted by Crippen LogP contribution is 2.42. The second kappa shape index (κ2) is 5.82. The molecule has 2 heterocycles. The van der Waals surface area contributed by atoms with Gasteiger partial charge in [0.05, 0.1) is 12.5 Å². The van der Waals surface area contributed by atoms with Crippen LogP contribution in [0, 0.1) is 11.8 Å². The lowest BCUT2D eigenvalue weighted by molar-refractivity contribution is -0.142. The Morgan fingerprint density at radius 1 is 1.17 bits per heavy atom. The molecule has 1 saturated heterocycles. The zero-order valence-electron chi connectivity index (χ0n) is 13.2. The Morgan fingerprint density at radius 2 is 2.04 bits per heavy atom. The van der Waals surface area contributed by atoms with E-state index in [2.05, 4.69) is 0 Å². The number of aliphatic carboxylic acids is 1. The second-order valence-electron chi connectivity index (χ2n) is 6.69. The average molecular weight is 325 g/mol. The lowest BCUT2D eigenvalue weighted by atomic mass is 9.94. The molecule has 4 rings (SSSR count). The van der Waals surface area contributed by atoms with Crippen molar-refractivity contribution in [3.05, 3.63) is 48.4 Å². The molecule has 1 aliphatic heterocycles. The molecule has 1 aromatic carbocycles. The van der Waals surface area contributed by atoms with Gasteiger partial charge in [-0.2, -0.15) is 0 Å². The Kier molecular flexibility index (Phi) is 3.63. The zero-order chi connectivity index (χ0) is 16.7. The number of fused-ring (bicyclic) bond motifs is 1. The molecule has 124 valence electrons. The van der Waals surface area contributed by atoms with E-state index in [0.29, 0.717) is 18.0 Å². The molecule has 2 aromatic rings. The monoisotopic (exact) mass is 325 g/mol. The van der Waals surface area contributed by atoms with E-state index in [1.54, 1.807) is 29.6 Å². The minimum atomic E-state index is -0.885. The molecule has 1 aromatic heterocycles. The maximum atomic E-state index is 13.0. The van der Waals surface area contributed by atoms with Gasteiger partial charge in [0.2, 0.25) is 0 Å². The minimum absolute atomic E-state index is 0.100. The number of amides is 1. The van der Waals surface area contributed by atoms with Crippen molar-refractivity contribution in [3.8, 4) is 11.1 Å². The second-order valence-corrected chi connectivity index (χ2v) is 6.69. The first-order valence-corrected chi connectivity index (χ1v) is 8.31. The normalized spacial score (nSPS) is 25.7. The fraction of sp³-hybridized carbons (Fsp3) is 0.368. The molecule has 3 atom stereocenters. The highest BCUT2D eigenvalue weighted by Gasteiger charge is 2.49. The van der Waals surface area contributed by atoms with Crippen molar-refractivity contribution in [1.29, 1.82) is 0 Å². The van der Waals surface area contributed by atoms with Crippen LogP contribution < -0.4 is 0 Å². The van der Waals surface area contributed by atoms with Crippen molar-refractivity contribution < 1.29 is 19.1 Å². The molecule has 24 heavy (non-hydrogen) atoms.